The topological polar surface area (TPSA) is 12.0 Å². The van der Waals surface area contributed by atoms with E-state index in [1.807, 2.05) is 27.7 Å². The number of hydrogen-bond donors (Lipinski definition) is 1. The van der Waals surface area contributed by atoms with Gasteiger partial charge >= 0.3 is 0 Å². The second-order valence-electron chi connectivity index (χ2n) is 3.47. The molecular weight excluding hydrogens is 146 g/mol. The van der Waals surface area contributed by atoms with Gasteiger partial charge in [0.05, 0.1) is 0 Å². The van der Waals surface area contributed by atoms with Gasteiger partial charge in [-0.3, -0.25) is 0 Å². The second-order valence-corrected chi connectivity index (χ2v) is 3.47. The zero-order chi connectivity index (χ0) is 9.61. The molecule has 1 spiro atoms. The molecule has 0 radical (unpaired) electrons. The molecule has 0 amide bonds. The van der Waals surface area contributed by atoms with Gasteiger partial charge in [-0.05, 0) is 31.7 Å². The third-order valence-electron chi connectivity index (χ3n) is 2.58. The van der Waals surface area contributed by atoms with Crippen molar-refractivity contribution in [1.29, 1.82) is 0 Å². The van der Waals surface area contributed by atoms with Crippen LogP contribution >= 0.6 is 0 Å². The summed E-state index contributed by atoms with van der Waals surface area (Å²) in [6.07, 6.45) is 4.32. The summed E-state index contributed by atoms with van der Waals surface area (Å²) < 4.78 is 0. The van der Waals surface area contributed by atoms with Crippen LogP contribution in [-0.2, 0) is 0 Å². The Labute approximate surface area is 77.9 Å². The fourth-order valence-corrected chi connectivity index (χ4v) is 2.10. The third-order valence-corrected chi connectivity index (χ3v) is 2.58. The summed E-state index contributed by atoms with van der Waals surface area (Å²) in [5, 5.41) is 3.49. The highest BCUT2D eigenvalue weighted by atomic mass is 15.1. The SMILES string of the molecule is CC.CC.CC1CC2(CCN2)C1. The Morgan fingerprint density at radius 2 is 1.50 bits per heavy atom. The molecule has 1 heteroatoms. The van der Waals surface area contributed by atoms with Crippen molar-refractivity contribution in [3.8, 4) is 0 Å². The van der Waals surface area contributed by atoms with E-state index in [1.54, 1.807) is 0 Å². The van der Waals surface area contributed by atoms with Gasteiger partial charge in [-0.25, -0.2) is 0 Å². The van der Waals surface area contributed by atoms with Crippen LogP contribution in [0.3, 0.4) is 0 Å². The lowest BCUT2D eigenvalue weighted by Gasteiger charge is -2.54. The minimum atomic E-state index is 0.666. The third kappa shape index (κ3) is 2.48. The molecule has 0 atom stereocenters. The normalized spacial score (nSPS) is 36.2. The lowest BCUT2D eigenvalue weighted by molar-refractivity contribution is 0.0491. The number of hydrogen-bond acceptors (Lipinski definition) is 1. The highest BCUT2D eigenvalue weighted by Crippen LogP contribution is 2.43. The van der Waals surface area contributed by atoms with Crippen LogP contribution in [0.1, 0.15) is 53.9 Å². The van der Waals surface area contributed by atoms with E-state index in [2.05, 4.69) is 12.2 Å². The van der Waals surface area contributed by atoms with E-state index >= 15 is 0 Å². The van der Waals surface area contributed by atoms with Gasteiger partial charge in [0.2, 0.25) is 0 Å². The minimum Gasteiger partial charge on any atom is -0.311 e. The molecule has 1 aliphatic heterocycles. The molecule has 1 N–H and O–H groups in total. The highest BCUT2D eigenvalue weighted by Gasteiger charge is 2.45. The Hall–Kier alpha value is -0.0400. The first-order valence-corrected chi connectivity index (χ1v) is 5.56. The van der Waals surface area contributed by atoms with Crippen LogP contribution < -0.4 is 5.32 Å². The van der Waals surface area contributed by atoms with E-state index in [0.717, 1.165) is 5.92 Å². The van der Waals surface area contributed by atoms with Crippen LogP contribution in [0.25, 0.3) is 0 Å². The largest absolute Gasteiger partial charge is 0.311 e. The molecule has 2 rings (SSSR count). The Morgan fingerprint density at radius 1 is 1.08 bits per heavy atom. The van der Waals surface area contributed by atoms with E-state index in [4.69, 9.17) is 0 Å². The maximum atomic E-state index is 3.49. The summed E-state index contributed by atoms with van der Waals surface area (Å²) in [6, 6.07) is 0. The maximum Gasteiger partial charge on any atom is 0.0198 e. The van der Waals surface area contributed by atoms with Gasteiger partial charge in [-0.2, -0.15) is 0 Å². The van der Waals surface area contributed by atoms with Gasteiger partial charge in [-0.1, -0.05) is 34.6 Å². The molecule has 0 bridgehead atoms. The Balaban J connectivity index is 0.000000269. The number of rotatable bonds is 0. The van der Waals surface area contributed by atoms with Crippen molar-refractivity contribution in [2.75, 3.05) is 6.54 Å². The van der Waals surface area contributed by atoms with E-state index in [-0.39, 0.29) is 0 Å². The highest BCUT2D eigenvalue weighted by molar-refractivity contribution is 5.05. The van der Waals surface area contributed by atoms with Crippen molar-refractivity contribution in [1.82, 2.24) is 5.32 Å². The maximum absolute atomic E-state index is 3.49. The average Bonchev–Trinajstić information content (AvgIpc) is 2.03. The molecule has 2 aliphatic rings. The van der Waals surface area contributed by atoms with Crippen molar-refractivity contribution in [3.05, 3.63) is 0 Å². The molecule has 0 unspecified atom stereocenters. The summed E-state index contributed by atoms with van der Waals surface area (Å²) in [4.78, 5) is 0. The van der Waals surface area contributed by atoms with E-state index in [1.165, 1.54) is 25.8 Å². The van der Waals surface area contributed by atoms with Crippen LogP contribution in [-0.4, -0.2) is 12.1 Å². The Bertz CT molecular complexity index is 97.6. The Morgan fingerprint density at radius 3 is 1.58 bits per heavy atom. The van der Waals surface area contributed by atoms with Crippen LogP contribution in [0.5, 0.6) is 0 Å². The monoisotopic (exact) mass is 171 g/mol. The van der Waals surface area contributed by atoms with Gasteiger partial charge in [0.25, 0.3) is 0 Å². The van der Waals surface area contributed by atoms with Crippen molar-refractivity contribution < 1.29 is 0 Å². The van der Waals surface area contributed by atoms with Crippen LogP contribution in [0, 0.1) is 5.92 Å². The molecule has 1 aliphatic carbocycles. The minimum absolute atomic E-state index is 0.666. The summed E-state index contributed by atoms with van der Waals surface area (Å²) in [7, 11) is 0. The van der Waals surface area contributed by atoms with Crippen LogP contribution in [0.2, 0.25) is 0 Å². The van der Waals surface area contributed by atoms with Crippen molar-refractivity contribution in [2.45, 2.75) is 59.4 Å². The summed E-state index contributed by atoms with van der Waals surface area (Å²) in [6.45, 7) is 11.6. The zero-order valence-corrected chi connectivity index (χ0v) is 9.41. The second kappa shape index (κ2) is 5.58. The first kappa shape index (κ1) is 12.0. The first-order chi connectivity index (χ1) is 5.81. The molecule has 2 fully saturated rings. The molecule has 0 aromatic carbocycles. The van der Waals surface area contributed by atoms with Crippen molar-refractivity contribution in [2.24, 2.45) is 5.92 Å². The average molecular weight is 171 g/mol. The van der Waals surface area contributed by atoms with Crippen LogP contribution in [0.15, 0.2) is 0 Å². The molecular formula is C11H25N. The summed E-state index contributed by atoms with van der Waals surface area (Å²) in [5.41, 5.74) is 0.666. The predicted molar refractivity (Wildman–Crippen MR) is 56.4 cm³/mol. The van der Waals surface area contributed by atoms with Gasteiger partial charge < -0.3 is 5.32 Å². The van der Waals surface area contributed by atoms with Crippen molar-refractivity contribution >= 4 is 0 Å². The molecule has 1 saturated heterocycles. The quantitative estimate of drug-likeness (QED) is 0.590. The molecule has 1 saturated carbocycles. The first-order valence-electron chi connectivity index (χ1n) is 5.56. The van der Waals surface area contributed by atoms with Crippen molar-refractivity contribution in [3.63, 3.8) is 0 Å². The van der Waals surface area contributed by atoms with E-state index in [9.17, 15) is 0 Å². The van der Waals surface area contributed by atoms with E-state index in [0.29, 0.717) is 5.54 Å². The zero-order valence-electron chi connectivity index (χ0n) is 9.41. The fraction of sp³-hybridized carbons (Fsp3) is 1.00. The predicted octanol–water partition coefficient (Wildman–Crippen LogP) is 3.20. The molecule has 1 heterocycles. The summed E-state index contributed by atoms with van der Waals surface area (Å²) >= 11 is 0. The van der Waals surface area contributed by atoms with Gasteiger partial charge in [0.15, 0.2) is 0 Å². The molecule has 74 valence electrons. The van der Waals surface area contributed by atoms with E-state index < -0.39 is 0 Å². The number of nitrogens with one attached hydrogen (secondary N) is 1. The molecule has 0 aromatic heterocycles. The van der Waals surface area contributed by atoms with Gasteiger partial charge in [0, 0.05) is 5.54 Å². The lowest BCUT2D eigenvalue weighted by Crippen LogP contribution is -2.63. The molecule has 0 aromatic rings. The van der Waals surface area contributed by atoms with Gasteiger partial charge in [-0.15, -0.1) is 0 Å². The van der Waals surface area contributed by atoms with Gasteiger partial charge in [0.1, 0.15) is 0 Å². The fourth-order valence-electron chi connectivity index (χ4n) is 2.10. The molecule has 12 heavy (non-hydrogen) atoms. The standard InChI is InChI=1S/C7H13N.2C2H6/c1-6-4-7(5-6)2-3-8-7;2*1-2/h6,8H,2-5H2,1H3;2*1-2H3. The lowest BCUT2D eigenvalue weighted by atomic mass is 9.64. The Kier molecular flexibility index (Phi) is 5.56. The van der Waals surface area contributed by atoms with Crippen LogP contribution in [0.4, 0.5) is 0 Å². The smallest absolute Gasteiger partial charge is 0.0198 e. The molecule has 1 nitrogen and oxygen atoms in total. The summed E-state index contributed by atoms with van der Waals surface area (Å²) in [5.74, 6) is 1.00.